The quantitative estimate of drug-likeness (QED) is 0.727. The number of imide groups is 1. The molecule has 2 aromatic rings. The molecule has 2 aliphatic rings. The summed E-state index contributed by atoms with van der Waals surface area (Å²) in [5.41, 5.74) is 2.51. The highest BCUT2D eigenvalue weighted by Gasteiger charge is 2.37. The van der Waals surface area contributed by atoms with Gasteiger partial charge in [-0.2, -0.15) is 5.10 Å². The Morgan fingerprint density at radius 2 is 2.08 bits per heavy atom. The van der Waals surface area contributed by atoms with Crippen LogP contribution < -0.4 is 10.6 Å². The number of benzene rings is 1. The van der Waals surface area contributed by atoms with Gasteiger partial charge in [-0.1, -0.05) is 15.9 Å². The Hall–Kier alpha value is -2.52. The maximum atomic E-state index is 12.5. The number of amides is 3. The van der Waals surface area contributed by atoms with E-state index in [4.69, 9.17) is 0 Å². The molecule has 0 atom stereocenters. The van der Waals surface area contributed by atoms with Crippen molar-refractivity contribution in [1.29, 1.82) is 0 Å². The lowest BCUT2D eigenvalue weighted by Crippen LogP contribution is -2.37. The van der Waals surface area contributed by atoms with Gasteiger partial charge in [-0.25, -0.2) is 0 Å². The lowest BCUT2D eigenvalue weighted by atomic mass is 10.1. The molecule has 2 N–H and O–H groups in total. The molecule has 0 unspecified atom stereocenters. The molecule has 2 aliphatic heterocycles. The van der Waals surface area contributed by atoms with E-state index >= 15 is 0 Å². The first-order chi connectivity index (χ1) is 12.5. The predicted octanol–water partition coefficient (Wildman–Crippen LogP) is 1.06. The summed E-state index contributed by atoms with van der Waals surface area (Å²) in [6.45, 7) is 1.14. The largest absolute Gasteiger partial charge is 0.312 e. The average molecular weight is 418 g/mol. The number of nitrogens with one attached hydrogen (secondary N) is 2. The van der Waals surface area contributed by atoms with Crippen LogP contribution in [0.5, 0.6) is 0 Å². The molecule has 26 heavy (non-hydrogen) atoms. The Kier molecular flexibility index (Phi) is 4.12. The molecule has 0 fully saturated rings. The Balaban J connectivity index is 1.52. The molecule has 0 aliphatic carbocycles. The van der Waals surface area contributed by atoms with Gasteiger partial charge >= 0.3 is 0 Å². The van der Waals surface area contributed by atoms with Crippen molar-refractivity contribution in [3.63, 3.8) is 0 Å². The number of carbonyl (C=O) groups is 3. The number of fused-ring (bicyclic) bond motifs is 2. The summed E-state index contributed by atoms with van der Waals surface area (Å²) in [6.07, 6.45) is 0.798. The van der Waals surface area contributed by atoms with E-state index in [1.807, 2.05) is 0 Å². The van der Waals surface area contributed by atoms with Gasteiger partial charge in [-0.3, -0.25) is 24.0 Å². The molecular formula is C17H16BrN5O3. The normalized spacial score (nSPS) is 15.8. The Labute approximate surface area is 157 Å². The highest BCUT2D eigenvalue weighted by Crippen LogP contribution is 2.26. The fourth-order valence-electron chi connectivity index (χ4n) is 3.31. The second-order valence-corrected chi connectivity index (χ2v) is 7.17. The average Bonchev–Trinajstić information content (AvgIpc) is 3.04. The van der Waals surface area contributed by atoms with Crippen molar-refractivity contribution >= 4 is 39.5 Å². The lowest BCUT2D eigenvalue weighted by molar-refractivity contribution is -0.116. The van der Waals surface area contributed by atoms with Crippen LogP contribution in [0.15, 0.2) is 22.7 Å². The Morgan fingerprint density at radius 1 is 1.31 bits per heavy atom. The zero-order valence-corrected chi connectivity index (χ0v) is 15.6. The summed E-state index contributed by atoms with van der Waals surface area (Å²) in [5.74, 6) is -0.761. The van der Waals surface area contributed by atoms with Crippen LogP contribution in [0.2, 0.25) is 0 Å². The fraction of sp³-hybridized carbons (Fsp3) is 0.294. The smallest absolute Gasteiger partial charge is 0.262 e. The van der Waals surface area contributed by atoms with Crippen LogP contribution in [0.1, 0.15) is 32.0 Å². The molecule has 1 aromatic heterocycles. The number of halogens is 1. The van der Waals surface area contributed by atoms with Crippen molar-refractivity contribution in [1.82, 2.24) is 20.0 Å². The van der Waals surface area contributed by atoms with E-state index in [9.17, 15) is 14.4 Å². The van der Waals surface area contributed by atoms with Crippen molar-refractivity contribution < 1.29 is 14.4 Å². The second kappa shape index (κ2) is 6.33. The van der Waals surface area contributed by atoms with Crippen molar-refractivity contribution in [3.05, 3.63) is 45.1 Å². The maximum absolute atomic E-state index is 12.5. The standard InChI is InChI=1S/C17H16BrN5O3/c1-22-15(12-7-19-5-4-13(12)21-22)20-14(24)8-23-16(25)10-3-2-9(18)6-11(10)17(23)26/h2-3,6,19H,4-5,7-8H2,1H3,(H,20,24). The van der Waals surface area contributed by atoms with E-state index in [2.05, 4.69) is 31.7 Å². The van der Waals surface area contributed by atoms with Crippen LogP contribution in [0.4, 0.5) is 5.82 Å². The summed E-state index contributed by atoms with van der Waals surface area (Å²) in [5, 5.41) is 10.5. The van der Waals surface area contributed by atoms with E-state index in [1.54, 1.807) is 29.9 Å². The summed E-state index contributed by atoms with van der Waals surface area (Å²) >= 11 is 3.29. The predicted molar refractivity (Wildman–Crippen MR) is 96.8 cm³/mol. The molecule has 3 heterocycles. The first-order valence-electron chi connectivity index (χ1n) is 8.17. The molecule has 0 saturated carbocycles. The van der Waals surface area contributed by atoms with Crippen LogP contribution in [0, 0.1) is 0 Å². The molecule has 3 amide bonds. The third kappa shape index (κ3) is 2.73. The third-order valence-electron chi connectivity index (χ3n) is 4.56. The zero-order chi connectivity index (χ0) is 18.4. The van der Waals surface area contributed by atoms with Gasteiger partial charge in [0, 0.05) is 36.6 Å². The Morgan fingerprint density at radius 3 is 2.88 bits per heavy atom. The van der Waals surface area contributed by atoms with Gasteiger partial charge in [0.2, 0.25) is 5.91 Å². The van der Waals surface area contributed by atoms with Gasteiger partial charge in [0.15, 0.2) is 0 Å². The minimum absolute atomic E-state index is 0.305. The second-order valence-electron chi connectivity index (χ2n) is 6.26. The number of hydrogen-bond donors (Lipinski definition) is 2. The van der Waals surface area contributed by atoms with E-state index in [-0.39, 0.29) is 6.54 Å². The lowest BCUT2D eigenvalue weighted by Gasteiger charge is -2.16. The van der Waals surface area contributed by atoms with Crippen molar-refractivity contribution in [2.75, 3.05) is 18.4 Å². The van der Waals surface area contributed by atoms with Crippen LogP contribution >= 0.6 is 15.9 Å². The maximum Gasteiger partial charge on any atom is 0.262 e. The van der Waals surface area contributed by atoms with E-state index in [0.29, 0.717) is 28.0 Å². The minimum atomic E-state index is -0.463. The molecule has 134 valence electrons. The molecule has 0 bridgehead atoms. The van der Waals surface area contributed by atoms with Gasteiger partial charge in [-0.15, -0.1) is 0 Å². The van der Waals surface area contributed by atoms with Crippen LogP contribution in [-0.2, 0) is 24.8 Å². The zero-order valence-electron chi connectivity index (χ0n) is 14.0. The number of hydrogen-bond acceptors (Lipinski definition) is 5. The Bertz CT molecular complexity index is 952. The van der Waals surface area contributed by atoms with Crippen molar-refractivity contribution in [3.8, 4) is 0 Å². The molecule has 8 nitrogen and oxygen atoms in total. The van der Waals surface area contributed by atoms with Gasteiger partial charge in [0.1, 0.15) is 12.4 Å². The molecule has 1 aromatic carbocycles. The van der Waals surface area contributed by atoms with E-state index in [0.717, 1.165) is 29.1 Å². The number of aromatic nitrogens is 2. The monoisotopic (exact) mass is 417 g/mol. The van der Waals surface area contributed by atoms with Gasteiger partial charge in [0.25, 0.3) is 11.8 Å². The minimum Gasteiger partial charge on any atom is -0.312 e. The van der Waals surface area contributed by atoms with Crippen LogP contribution in [0.25, 0.3) is 0 Å². The number of nitrogens with zero attached hydrogens (tertiary/aromatic N) is 3. The first-order valence-corrected chi connectivity index (χ1v) is 8.96. The SMILES string of the molecule is Cn1nc2c(c1NC(=O)CN1C(=O)c3ccc(Br)cc3C1=O)CNCC2. The van der Waals surface area contributed by atoms with Gasteiger partial charge in [-0.05, 0) is 18.2 Å². The topological polar surface area (TPSA) is 96.3 Å². The fourth-order valence-corrected chi connectivity index (χ4v) is 3.67. The number of anilines is 1. The van der Waals surface area contributed by atoms with Crippen molar-refractivity contribution in [2.24, 2.45) is 7.05 Å². The summed E-state index contributed by atoms with van der Waals surface area (Å²) < 4.78 is 2.33. The molecule has 0 radical (unpaired) electrons. The summed E-state index contributed by atoms with van der Waals surface area (Å²) in [7, 11) is 1.76. The number of carbonyl (C=O) groups excluding carboxylic acids is 3. The molecule has 0 spiro atoms. The molecule has 4 rings (SSSR count). The molecule has 0 saturated heterocycles. The number of rotatable bonds is 3. The highest BCUT2D eigenvalue weighted by atomic mass is 79.9. The highest BCUT2D eigenvalue weighted by molar-refractivity contribution is 9.10. The van der Waals surface area contributed by atoms with Crippen LogP contribution in [0.3, 0.4) is 0 Å². The van der Waals surface area contributed by atoms with E-state index in [1.165, 1.54) is 0 Å². The summed E-state index contributed by atoms with van der Waals surface area (Å²) in [6, 6.07) is 4.87. The first kappa shape index (κ1) is 16.9. The van der Waals surface area contributed by atoms with Gasteiger partial charge < -0.3 is 10.6 Å². The molecule has 9 heteroatoms. The van der Waals surface area contributed by atoms with E-state index < -0.39 is 17.7 Å². The van der Waals surface area contributed by atoms with Crippen LogP contribution in [-0.4, -0.2) is 45.5 Å². The van der Waals surface area contributed by atoms with Crippen molar-refractivity contribution in [2.45, 2.75) is 13.0 Å². The number of aryl methyl sites for hydroxylation is 1. The molecular weight excluding hydrogens is 402 g/mol. The third-order valence-corrected chi connectivity index (χ3v) is 5.05. The van der Waals surface area contributed by atoms with Gasteiger partial charge in [0.05, 0.1) is 16.8 Å². The summed E-state index contributed by atoms with van der Waals surface area (Å²) in [4.78, 5) is 38.4.